The van der Waals surface area contributed by atoms with E-state index in [0.717, 1.165) is 0 Å². The van der Waals surface area contributed by atoms with E-state index in [2.05, 4.69) is 10.5 Å². The van der Waals surface area contributed by atoms with Crippen LogP contribution in [-0.2, 0) is 4.79 Å². The first kappa shape index (κ1) is 18.1. The first-order chi connectivity index (χ1) is 12.1. The molecule has 0 unspecified atom stereocenters. The van der Waals surface area contributed by atoms with E-state index in [1.165, 1.54) is 19.4 Å². The first-order valence-corrected chi connectivity index (χ1v) is 7.67. The van der Waals surface area contributed by atoms with Gasteiger partial charge in [0, 0.05) is 0 Å². The lowest BCUT2D eigenvalue weighted by Gasteiger charge is -2.10. The molecule has 0 aliphatic carbocycles. The average molecular weight is 344 g/mol. The number of hydrazone groups is 1. The topological polar surface area (TPSA) is 89.4 Å². The quantitative estimate of drug-likeness (QED) is 0.567. The minimum atomic E-state index is -0.416. The SMILES string of the molecule is CCOc1ccccc1OCC(=O)N/N=C\c1ccc(OC)c(O)c1. The summed E-state index contributed by atoms with van der Waals surface area (Å²) in [6.07, 6.45) is 1.41. The number of phenolic OH excluding ortho intramolecular Hbond substituents is 1. The fourth-order valence-electron chi connectivity index (χ4n) is 1.99. The molecule has 0 spiro atoms. The van der Waals surface area contributed by atoms with E-state index in [0.29, 0.717) is 29.4 Å². The van der Waals surface area contributed by atoms with Crippen LogP contribution in [0.4, 0.5) is 0 Å². The molecule has 25 heavy (non-hydrogen) atoms. The Bertz CT molecular complexity index is 746. The van der Waals surface area contributed by atoms with Crippen molar-refractivity contribution in [1.29, 1.82) is 0 Å². The van der Waals surface area contributed by atoms with E-state index in [9.17, 15) is 9.90 Å². The van der Waals surface area contributed by atoms with Gasteiger partial charge in [-0.2, -0.15) is 5.10 Å². The van der Waals surface area contributed by atoms with Gasteiger partial charge in [0.05, 0.1) is 19.9 Å². The van der Waals surface area contributed by atoms with Crippen LogP contribution in [0.15, 0.2) is 47.6 Å². The molecule has 2 rings (SSSR count). The van der Waals surface area contributed by atoms with Crippen LogP contribution in [0.3, 0.4) is 0 Å². The Morgan fingerprint density at radius 3 is 2.52 bits per heavy atom. The summed E-state index contributed by atoms with van der Waals surface area (Å²) in [5.41, 5.74) is 2.96. The maximum Gasteiger partial charge on any atom is 0.277 e. The van der Waals surface area contributed by atoms with Crippen molar-refractivity contribution in [3.8, 4) is 23.0 Å². The van der Waals surface area contributed by atoms with Crippen molar-refractivity contribution >= 4 is 12.1 Å². The van der Waals surface area contributed by atoms with E-state index in [1.807, 2.05) is 13.0 Å². The van der Waals surface area contributed by atoms with Gasteiger partial charge in [0.25, 0.3) is 5.91 Å². The molecule has 0 aliphatic heterocycles. The lowest BCUT2D eigenvalue weighted by atomic mass is 10.2. The molecular weight excluding hydrogens is 324 g/mol. The smallest absolute Gasteiger partial charge is 0.277 e. The number of hydrogen-bond acceptors (Lipinski definition) is 6. The number of methoxy groups -OCH3 is 1. The standard InChI is InChI=1S/C18H20N2O5/c1-3-24-16-6-4-5-7-17(16)25-12-18(22)20-19-11-13-8-9-15(23-2)14(21)10-13/h4-11,21H,3,12H2,1-2H3,(H,20,22)/b19-11-. The number of carbonyl (C=O) groups is 1. The van der Waals surface area contributed by atoms with Gasteiger partial charge < -0.3 is 19.3 Å². The van der Waals surface area contributed by atoms with E-state index >= 15 is 0 Å². The number of carbonyl (C=O) groups excluding carboxylic acids is 1. The van der Waals surface area contributed by atoms with Crippen molar-refractivity contribution in [3.05, 3.63) is 48.0 Å². The maximum absolute atomic E-state index is 11.8. The number of para-hydroxylation sites is 2. The summed E-state index contributed by atoms with van der Waals surface area (Å²) in [6, 6.07) is 11.9. The van der Waals surface area contributed by atoms with Gasteiger partial charge in [-0.25, -0.2) is 5.43 Å². The van der Waals surface area contributed by atoms with Crippen LogP contribution >= 0.6 is 0 Å². The van der Waals surface area contributed by atoms with E-state index in [-0.39, 0.29) is 12.4 Å². The third kappa shape index (κ3) is 5.42. The van der Waals surface area contributed by atoms with Gasteiger partial charge in [-0.15, -0.1) is 0 Å². The number of phenols is 1. The molecule has 0 saturated carbocycles. The number of nitrogens with zero attached hydrogens (tertiary/aromatic N) is 1. The molecule has 0 bridgehead atoms. The van der Waals surface area contributed by atoms with Gasteiger partial charge >= 0.3 is 0 Å². The van der Waals surface area contributed by atoms with Crippen molar-refractivity contribution in [2.24, 2.45) is 5.10 Å². The van der Waals surface area contributed by atoms with Gasteiger partial charge in [-0.3, -0.25) is 4.79 Å². The molecule has 0 aliphatic rings. The molecule has 132 valence electrons. The number of benzene rings is 2. The van der Waals surface area contributed by atoms with Crippen LogP contribution in [0.2, 0.25) is 0 Å². The van der Waals surface area contributed by atoms with Crippen LogP contribution in [0.1, 0.15) is 12.5 Å². The fourth-order valence-corrected chi connectivity index (χ4v) is 1.99. The average Bonchev–Trinajstić information content (AvgIpc) is 2.61. The Hall–Kier alpha value is -3.22. The van der Waals surface area contributed by atoms with Gasteiger partial charge in [0.15, 0.2) is 29.6 Å². The lowest BCUT2D eigenvalue weighted by molar-refractivity contribution is -0.123. The zero-order valence-electron chi connectivity index (χ0n) is 14.1. The summed E-state index contributed by atoms with van der Waals surface area (Å²) >= 11 is 0. The van der Waals surface area contributed by atoms with Gasteiger partial charge in [0.1, 0.15) is 0 Å². The number of nitrogens with one attached hydrogen (secondary N) is 1. The van der Waals surface area contributed by atoms with Crippen LogP contribution in [0.5, 0.6) is 23.0 Å². The molecule has 2 aromatic carbocycles. The third-order valence-corrected chi connectivity index (χ3v) is 3.11. The molecule has 2 aromatic rings. The molecule has 0 heterocycles. The second-order valence-electron chi connectivity index (χ2n) is 4.89. The summed E-state index contributed by atoms with van der Waals surface area (Å²) in [5, 5.41) is 13.5. The highest BCUT2D eigenvalue weighted by Gasteiger charge is 2.06. The first-order valence-electron chi connectivity index (χ1n) is 7.67. The number of aromatic hydroxyl groups is 1. The van der Waals surface area contributed by atoms with Crippen molar-refractivity contribution < 1.29 is 24.1 Å². The summed E-state index contributed by atoms with van der Waals surface area (Å²) < 4.78 is 15.8. The maximum atomic E-state index is 11.8. The van der Waals surface area contributed by atoms with Crippen LogP contribution in [-0.4, -0.2) is 37.6 Å². The minimum Gasteiger partial charge on any atom is -0.504 e. The predicted octanol–water partition coefficient (Wildman–Crippen LogP) is 2.33. The molecule has 1 amide bonds. The predicted molar refractivity (Wildman–Crippen MR) is 93.5 cm³/mol. The Morgan fingerprint density at radius 1 is 1.16 bits per heavy atom. The van der Waals surface area contributed by atoms with Gasteiger partial charge in [-0.05, 0) is 42.8 Å². The van der Waals surface area contributed by atoms with E-state index < -0.39 is 5.91 Å². The molecular formula is C18H20N2O5. The monoisotopic (exact) mass is 344 g/mol. The summed E-state index contributed by atoms with van der Waals surface area (Å²) in [5.74, 6) is 1.01. The third-order valence-electron chi connectivity index (χ3n) is 3.11. The fraction of sp³-hybridized carbons (Fsp3) is 0.222. The zero-order valence-corrected chi connectivity index (χ0v) is 14.1. The molecule has 0 atom stereocenters. The molecule has 2 N–H and O–H groups in total. The Balaban J connectivity index is 1.85. The highest BCUT2D eigenvalue weighted by molar-refractivity contribution is 5.83. The molecule has 0 aromatic heterocycles. The molecule has 0 saturated heterocycles. The normalized spacial score (nSPS) is 10.5. The van der Waals surface area contributed by atoms with E-state index in [4.69, 9.17) is 14.2 Å². The largest absolute Gasteiger partial charge is 0.504 e. The summed E-state index contributed by atoms with van der Waals surface area (Å²) in [7, 11) is 1.47. The highest BCUT2D eigenvalue weighted by atomic mass is 16.5. The number of amides is 1. The van der Waals surface area contributed by atoms with Gasteiger partial charge in [0.2, 0.25) is 0 Å². The van der Waals surface area contributed by atoms with Crippen LogP contribution in [0.25, 0.3) is 0 Å². The van der Waals surface area contributed by atoms with Crippen molar-refractivity contribution in [2.75, 3.05) is 20.3 Å². The molecule has 7 nitrogen and oxygen atoms in total. The minimum absolute atomic E-state index is 0.00589. The molecule has 7 heteroatoms. The Morgan fingerprint density at radius 2 is 1.88 bits per heavy atom. The van der Waals surface area contributed by atoms with Crippen LogP contribution in [0, 0.1) is 0 Å². The second kappa shape index (κ2) is 9.17. The van der Waals surface area contributed by atoms with E-state index in [1.54, 1.807) is 30.3 Å². The molecule has 0 fully saturated rings. The lowest BCUT2D eigenvalue weighted by Crippen LogP contribution is -2.24. The Labute approximate surface area is 145 Å². The highest BCUT2D eigenvalue weighted by Crippen LogP contribution is 2.26. The number of rotatable bonds is 8. The zero-order chi connectivity index (χ0) is 18.1. The second-order valence-corrected chi connectivity index (χ2v) is 4.89. The Kier molecular flexibility index (Phi) is 6.65. The van der Waals surface area contributed by atoms with Crippen molar-refractivity contribution in [1.82, 2.24) is 5.43 Å². The van der Waals surface area contributed by atoms with Crippen LogP contribution < -0.4 is 19.6 Å². The summed E-state index contributed by atoms with van der Waals surface area (Å²) in [6.45, 7) is 2.18. The summed E-state index contributed by atoms with van der Waals surface area (Å²) in [4.78, 5) is 11.8. The molecule has 0 radical (unpaired) electrons. The number of hydrogen-bond donors (Lipinski definition) is 2. The number of ether oxygens (including phenoxy) is 3. The van der Waals surface area contributed by atoms with Crippen molar-refractivity contribution in [2.45, 2.75) is 6.92 Å². The van der Waals surface area contributed by atoms with Crippen molar-refractivity contribution in [3.63, 3.8) is 0 Å². The van der Waals surface area contributed by atoms with Gasteiger partial charge in [-0.1, -0.05) is 12.1 Å².